The van der Waals surface area contributed by atoms with Gasteiger partial charge in [-0.2, -0.15) is 0 Å². The normalized spacial score (nSPS) is 16.2. The van der Waals surface area contributed by atoms with Crippen LogP contribution in [0.2, 0.25) is 5.02 Å². The first-order chi connectivity index (χ1) is 15.2. The number of urea groups is 1. The maximum atomic E-state index is 13.1. The van der Waals surface area contributed by atoms with Gasteiger partial charge < -0.3 is 9.47 Å². The summed E-state index contributed by atoms with van der Waals surface area (Å²) in [4.78, 5) is 38.8. The highest BCUT2D eigenvalue weighted by Gasteiger charge is 2.37. The molecule has 4 amide bonds. The van der Waals surface area contributed by atoms with Crippen molar-refractivity contribution in [2.45, 2.75) is 33.3 Å². The van der Waals surface area contributed by atoms with Gasteiger partial charge in [0.05, 0.1) is 18.4 Å². The summed E-state index contributed by atoms with van der Waals surface area (Å²) in [5.41, 5.74) is 0.619. The number of nitrogens with one attached hydrogen (secondary N) is 1. The first kappa shape index (κ1) is 23.8. The number of nitrogens with zero attached hydrogens (tertiary/aromatic N) is 1. The number of carbonyl (C=O) groups is 3. The van der Waals surface area contributed by atoms with Crippen LogP contribution in [0.5, 0.6) is 11.5 Å². The van der Waals surface area contributed by atoms with E-state index in [1.807, 2.05) is 20.8 Å². The van der Waals surface area contributed by atoms with E-state index < -0.39 is 17.8 Å². The van der Waals surface area contributed by atoms with Crippen LogP contribution in [-0.4, -0.2) is 30.6 Å². The summed E-state index contributed by atoms with van der Waals surface area (Å²) in [5.74, 6) is -0.495. The van der Waals surface area contributed by atoms with Crippen molar-refractivity contribution in [2.75, 3.05) is 11.5 Å². The molecule has 0 aliphatic carbocycles. The van der Waals surface area contributed by atoms with Crippen LogP contribution >= 0.6 is 27.5 Å². The molecule has 2 aromatic carbocycles. The zero-order chi connectivity index (χ0) is 23.4. The number of hydrogen-bond acceptors (Lipinski definition) is 5. The predicted octanol–water partition coefficient (Wildman–Crippen LogP) is 5.34. The highest BCUT2D eigenvalue weighted by molar-refractivity contribution is 9.10. The number of halogens is 2. The van der Waals surface area contributed by atoms with Gasteiger partial charge in [0, 0.05) is 9.50 Å². The monoisotopic (exact) mass is 520 g/mol. The summed E-state index contributed by atoms with van der Waals surface area (Å²) in [7, 11) is 0. The van der Waals surface area contributed by atoms with Gasteiger partial charge in [-0.05, 0) is 68.3 Å². The van der Waals surface area contributed by atoms with Crippen molar-refractivity contribution in [3.05, 3.63) is 57.0 Å². The van der Waals surface area contributed by atoms with Gasteiger partial charge in [0.2, 0.25) is 0 Å². The molecule has 0 radical (unpaired) electrons. The van der Waals surface area contributed by atoms with Gasteiger partial charge in [0.25, 0.3) is 11.8 Å². The minimum atomic E-state index is -0.828. The first-order valence-corrected chi connectivity index (χ1v) is 11.2. The van der Waals surface area contributed by atoms with Crippen LogP contribution in [0.1, 0.15) is 32.8 Å². The van der Waals surface area contributed by atoms with Crippen LogP contribution in [0.4, 0.5) is 10.5 Å². The summed E-state index contributed by atoms with van der Waals surface area (Å²) in [6, 6.07) is 8.75. The largest absolute Gasteiger partial charge is 0.490 e. The van der Waals surface area contributed by atoms with E-state index in [2.05, 4.69) is 21.2 Å². The van der Waals surface area contributed by atoms with Crippen LogP contribution in [0.15, 0.2) is 46.4 Å². The number of imide groups is 2. The Morgan fingerprint density at radius 2 is 1.81 bits per heavy atom. The molecular weight excluding hydrogens is 500 g/mol. The number of carbonyl (C=O) groups excluding carboxylic acids is 3. The Morgan fingerprint density at radius 3 is 2.44 bits per heavy atom. The molecule has 3 rings (SSSR count). The lowest BCUT2D eigenvalue weighted by atomic mass is 10.1. The van der Waals surface area contributed by atoms with Crippen LogP contribution in [-0.2, 0) is 9.59 Å². The summed E-state index contributed by atoms with van der Waals surface area (Å²) in [6.07, 6.45) is 2.21. The third-order valence-corrected chi connectivity index (χ3v) is 5.69. The van der Waals surface area contributed by atoms with E-state index in [0.717, 1.165) is 11.3 Å². The molecule has 1 aliphatic rings. The molecule has 7 nitrogen and oxygen atoms in total. The van der Waals surface area contributed by atoms with E-state index in [-0.39, 0.29) is 11.7 Å². The molecule has 0 aromatic heterocycles. The second kappa shape index (κ2) is 10.2. The molecule has 0 bridgehead atoms. The molecule has 1 aliphatic heterocycles. The molecular formula is C23H22BrClN2O5. The van der Waals surface area contributed by atoms with Gasteiger partial charge in [0.1, 0.15) is 5.57 Å². The fraction of sp³-hybridized carbons (Fsp3) is 0.261. The smallest absolute Gasteiger partial charge is 0.335 e. The molecule has 0 saturated carbocycles. The van der Waals surface area contributed by atoms with E-state index in [1.165, 1.54) is 18.2 Å². The Bertz CT molecular complexity index is 1080. The Morgan fingerprint density at radius 1 is 1.12 bits per heavy atom. The molecule has 0 unspecified atom stereocenters. The Hall–Kier alpha value is -2.84. The molecule has 32 heavy (non-hydrogen) atoms. The average molecular weight is 522 g/mol. The van der Waals surface area contributed by atoms with Gasteiger partial charge >= 0.3 is 6.03 Å². The van der Waals surface area contributed by atoms with E-state index >= 15 is 0 Å². The number of benzene rings is 2. The SMILES string of the molecule is CCOc1cc(/C=C2\C(=O)NC(=O)N(c3ccc(Cl)cc3)C2=O)c(Br)cc1O[C@@H](C)CC. The summed E-state index contributed by atoms with van der Waals surface area (Å²) < 4.78 is 12.2. The van der Waals surface area contributed by atoms with Crippen molar-refractivity contribution >= 4 is 57.1 Å². The number of hydrogen-bond donors (Lipinski definition) is 1. The minimum absolute atomic E-state index is 0.0186. The van der Waals surface area contributed by atoms with Crippen LogP contribution < -0.4 is 19.7 Å². The molecule has 1 saturated heterocycles. The molecule has 168 valence electrons. The highest BCUT2D eigenvalue weighted by Crippen LogP contribution is 2.36. The summed E-state index contributed by atoms with van der Waals surface area (Å²) in [6.45, 7) is 6.22. The number of ether oxygens (including phenoxy) is 2. The Balaban J connectivity index is 2.02. The maximum Gasteiger partial charge on any atom is 0.335 e. The highest BCUT2D eigenvalue weighted by atomic mass is 79.9. The molecule has 1 heterocycles. The third-order valence-electron chi connectivity index (χ3n) is 4.75. The minimum Gasteiger partial charge on any atom is -0.490 e. The lowest BCUT2D eigenvalue weighted by Crippen LogP contribution is -2.54. The van der Waals surface area contributed by atoms with Gasteiger partial charge in [-0.15, -0.1) is 0 Å². The van der Waals surface area contributed by atoms with Crippen molar-refractivity contribution in [1.82, 2.24) is 5.32 Å². The fourth-order valence-corrected chi connectivity index (χ4v) is 3.52. The second-order valence-corrected chi connectivity index (χ2v) is 8.32. The van der Waals surface area contributed by atoms with Crippen LogP contribution in [0.3, 0.4) is 0 Å². The maximum absolute atomic E-state index is 13.1. The molecule has 0 spiro atoms. The molecule has 2 aromatic rings. The molecule has 1 N–H and O–H groups in total. The van der Waals surface area contributed by atoms with Gasteiger partial charge in [-0.1, -0.05) is 34.5 Å². The molecule has 1 fully saturated rings. The number of barbiturate groups is 1. The quantitative estimate of drug-likeness (QED) is 0.392. The third kappa shape index (κ3) is 5.14. The van der Waals surface area contributed by atoms with Gasteiger partial charge in [0.15, 0.2) is 11.5 Å². The molecule has 1 atom stereocenters. The Kier molecular flexibility index (Phi) is 7.58. The summed E-state index contributed by atoms with van der Waals surface area (Å²) >= 11 is 9.37. The van der Waals surface area contributed by atoms with Gasteiger partial charge in [-0.25, -0.2) is 9.69 Å². The number of amides is 4. The lowest BCUT2D eigenvalue weighted by molar-refractivity contribution is -0.122. The topological polar surface area (TPSA) is 84.9 Å². The first-order valence-electron chi connectivity index (χ1n) is 10.0. The average Bonchev–Trinajstić information content (AvgIpc) is 2.75. The standard InChI is InChI=1S/C23H22BrClN2O5/c1-4-13(3)32-20-12-18(24)14(11-19(20)31-5-2)10-17-21(28)26-23(30)27(22(17)29)16-8-6-15(25)7-9-16/h6-13H,4-5H2,1-3H3,(H,26,28,30)/b17-10+/t13-/m0/s1. The van der Waals surface area contributed by atoms with Gasteiger partial charge in [-0.3, -0.25) is 14.9 Å². The van der Waals surface area contributed by atoms with Crippen molar-refractivity contribution in [3.8, 4) is 11.5 Å². The van der Waals surface area contributed by atoms with Crippen molar-refractivity contribution in [1.29, 1.82) is 0 Å². The second-order valence-electron chi connectivity index (χ2n) is 7.02. The summed E-state index contributed by atoms with van der Waals surface area (Å²) in [5, 5.41) is 2.66. The lowest BCUT2D eigenvalue weighted by Gasteiger charge is -2.26. The fourth-order valence-electron chi connectivity index (χ4n) is 2.96. The van der Waals surface area contributed by atoms with Crippen LogP contribution in [0, 0.1) is 0 Å². The predicted molar refractivity (Wildman–Crippen MR) is 126 cm³/mol. The van der Waals surface area contributed by atoms with Crippen molar-refractivity contribution < 1.29 is 23.9 Å². The number of rotatable bonds is 7. The zero-order valence-corrected chi connectivity index (χ0v) is 20.1. The van der Waals surface area contributed by atoms with E-state index in [0.29, 0.717) is 38.9 Å². The van der Waals surface area contributed by atoms with Crippen LogP contribution in [0.25, 0.3) is 6.08 Å². The van der Waals surface area contributed by atoms with Crippen molar-refractivity contribution in [2.24, 2.45) is 0 Å². The number of anilines is 1. The van der Waals surface area contributed by atoms with E-state index in [1.54, 1.807) is 24.3 Å². The Labute approximate surface area is 199 Å². The zero-order valence-electron chi connectivity index (χ0n) is 17.8. The van der Waals surface area contributed by atoms with E-state index in [4.69, 9.17) is 21.1 Å². The molecule has 9 heteroatoms. The van der Waals surface area contributed by atoms with Crippen molar-refractivity contribution in [3.63, 3.8) is 0 Å². The van der Waals surface area contributed by atoms with E-state index in [9.17, 15) is 14.4 Å².